The van der Waals surface area contributed by atoms with Gasteiger partial charge in [-0.05, 0) is 43.5 Å². The lowest BCUT2D eigenvalue weighted by atomic mass is 9.93. The highest BCUT2D eigenvalue weighted by atomic mass is 16.5. The Kier molecular flexibility index (Phi) is 7.17. The molecule has 2 fully saturated rings. The van der Waals surface area contributed by atoms with Crippen molar-refractivity contribution in [3.63, 3.8) is 0 Å². The topological polar surface area (TPSA) is 69.3 Å². The van der Waals surface area contributed by atoms with Crippen LogP contribution in [0.2, 0.25) is 0 Å². The van der Waals surface area contributed by atoms with Crippen molar-refractivity contribution < 1.29 is 23.7 Å². The van der Waals surface area contributed by atoms with E-state index < -0.39 is 0 Å². The molecule has 0 aromatic heterocycles. The minimum Gasteiger partial charge on any atom is -0.493 e. The van der Waals surface area contributed by atoms with Gasteiger partial charge >= 0.3 is 0 Å². The quantitative estimate of drug-likeness (QED) is 0.713. The maximum atomic E-state index is 13.1. The Balaban J connectivity index is 1.49. The normalized spacial score (nSPS) is 23.2. The maximum absolute atomic E-state index is 13.1. The molecule has 7 nitrogen and oxygen atoms in total. The fourth-order valence-corrected chi connectivity index (χ4v) is 4.80. The second kappa shape index (κ2) is 10.2. The Morgan fingerprint density at radius 2 is 1.78 bits per heavy atom. The number of amides is 1. The van der Waals surface area contributed by atoms with Gasteiger partial charge in [-0.1, -0.05) is 36.8 Å². The third-order valence-electron chi connectivity index (χ3n) is 6.39. The summed E-state index contributed by atoms with van der Waals surface area (Å²) >= 11 is 0. The number of carbonyl (C=O) groups excluding carboxylic acids is 1. The number of nitrogens with one attached hydrogen (secondary N) is 1. The van der Waals surface area contributed by atoms with Crippen molar-refractivity contribution in [1.29, 1.82) is 0 Å². The molecule has 0 aliphatic carbocycles. The summed E-state index contributed by atoms with van der Waals surface area (Å²) in [5.74, 6) is 1.14. The highest BCUT2D eigenvalue weighted by Gasteiger charge is 2.40. The van der Waals surface area contributed by atoms with Gasteiger partial charge in [-0.3, -0.25) is 9.69 Å². The number of methoxy groups -OCH3 is 3. The van der Waals surface area contributed by atoms with Gasteiger partial charge in [-0.15, -0.1) is 0 Å². The third-order valence-corrected chi connectivity index (χ3v) is 6.39. The zero-order valence-electron chi connectivity index (χ0n) is 19.0. The van der Waals surface area contributed by atoms with Crippen LogP contribution in [0.25, 0.3) is 0 Å². The fraction of sp³-hybridized carbons (Fsp3) is 0.480. The van der Waals surface area contributed by atoms with Crippen LogP contribution in [-0.2, 0) is 11.2 Å². The lowest BCUT2D eigenvalue weighted by molar-refractivity contribution is -0.123. The lowest BCUT2D eigenvalue weighted by Gasteiger charge is -2.48. The molecule has 0 radical (unpaired) electrons. The predicted molar refractivity (Wildman–Crippen MR) is 122 cm³/mol. The van der Waals surface area contributed by atoms with Crippen molar-refractivity contribution in [3.8, 4) is 17.2 Å². The summed E-state index contributed by atoms with van der Waals surface area (Å²) in [4.78, 5) is 15.7. The first-order valence-corrected chi connectivity index (χ1v) is 11.2. The molecule has 172 valence electrons. The van der Waals surface area contributed by atoms with Gasteiger partial charge in [0, 0.05) is 11.6 Å². The average molecular weight is 441 g/mol. The lowest BCUT2D eigenvalue weighted by Crippen LogP contribution is -2.63. The predicted octanol–water partition coefficient (Wildman–Crippen LogP) is 3.26. The highest BCUT2D eigenvalue weighted by molar-refractivity contribution is 5.95. The van der Waals surface area contributed by atoms with Crippen molar-refractivity contribution in [2.45, 2.75) is 44.0 Å². The second-order valence-corrected chi connectivity index (χ2v) is 8.29. The van der Waals surface area contributed by atoms with Gasteiger partial charge in [0.1, 0.15) is 6.23 Å². The Morgan fingerprint density at radius 3 is 2.44 bits per heavy atom. The molecule has 0 bridgehead atoms. The van der Waals surface area contributed by atoms with E-state index in [1.165, 1.54) is 26.2 Å². The van der Waals surface area contributed by atoms with E-state index in [1.54, 1.807) is 19.2 Å². The number of hydrogen-bond donors (Lipinski definition) is 1. The Bertz CT molecular complexity index is 895. The number of fused-ring (bicyclic) bond motifs is 1. The summed E-state index contributed by atoms with van der Waals surface area (Å²) in [5, 5.41) is 3.10. The summed E-state index contributed by atoms with van der Waals surface area (Å²) in [7, 11) is 4.62. The summed E-state index contributed by atoms with van der Waals surface area (Å²) in [6.45, 7) is 1.62. The number of rotatable bonds is 7. The average Bonchev–Trinajstić information content (AvgIpc) is 2.85. The minimum atomic E-state index is -0.353. The number of carbonyl (C=O) groups is 1. The SMILES string of the molecule is COc1cc(C(=O)NC2OCC(Cc3ccccc3)N3CCCCC23)cc(OC)c1OC. The molecular weight excluding hydrogens is 408 g/mol. The molecule has 4 rings (SSSR count). The van der Waals surface area contributed by atoms with Crippen molar-refractivity contribution in [1.82, 2.24) is 10.2 Å². The van der Waals surface area contributed by atoms with E-state index in [1.807, 2.05) is 6.07 Å². The second-order valence-electron chi connectivity index (χ2n) is 8.29. The van der Waals surface area contributed by atoms with Crippen molar-refractivity contribution in [2.24, 2.45) is 0 Å². The van der Waals surface area contributed by atoms with Gasteiger partial charge < -0.3 is 24.3 Å². The van der Waals surface area contributed by atoms with Crippen LogP contribution in [-0.4, -0.2) is 63.6 Å². The number of benzene rings is 2. The summed E-state index contributed by atoms with van der Waals surface area (Å²) in [5.41, 5.74) is 1.75. The van der Waals surface area contributed by atoms with Gasteiger partial charge in [0.25, 0.3) is 5.91 Å². The van der Waals surface area contributed by atoms with Crippen LogP contribution in [0.5, 0.6) is 17.2 Å². The van der Waals surface area contributed by atoms with Gasteiger partial charge in [0.15, 0.2) is 11.5 Å². The molecule has 2 saturated heterocycles. The molecule has 0 spiro atoms. The zero-order valence-corrected chi connectivity index (χ0v) is 19.0. The van der Waals surface area contributed by atoms with Crippen LogP contribution in [0.3, 0.4) is 0 Å². The molecule has 7 heteroatoms. The van der Waals surface area contributed by atoms with Crippen LogP contribution in [0.1, 0.15) is 35.2 Å². The van der Waals surface area contributed by atoms with E-state index in [0.717, 1.165) is 25.8 Å². The van der Waals surface area contributed by atoms with E-state index >= 15 is 0 Å². The molecule has 0 saturated carbocycles. The molecule has 3 atom stereocenters. The molecule has 2 heterocycles. The summed E-state index contributed by atoms with van der Waals surface area (Å²) < 4.78 is 22.4. The van der Waals surface area contributed by atoms with Gasteiger partial charge in [-0.25, -0.2) is 0 Å². The molecule has 32 heavy (non-hydrogen) atoms. The highest BCUT2D eigenvalue weighted by Crippen LogP contribution is 2.38. The van der Waals surface area contributed by atoms with E-state index in [2.05, 4.69) is 34.5 Å². The summed E-state index contributed by atoms with van der Waals surface area (Å²) in [6.07, 6.45) is 3.92. The number of piperidine rings is 1. The van der Waals surface area contributed by atoms with E-state index in [9.17, 15) is 4.79 Å². The zero-order chi connectivity index (χ0) is 22.5. The van der Waals surface area contributed by atoms with Crippen molar-refractivity contribution >= 4 is 5.91 Å². The Labute approximate surface area is 189 Å². The van der Waals surface area contributed by atoms with Gasteiger partial charge in [0.05, 0.1) is 34.0 Å². The molecule has 2 aliphatic rings. The number of nitrogens with zero attached hydrogens (tertiary/aromatic N) is 1. The smallest absolute Gasteiger partial charge is 0.253 e. The van der Waals surface area contributed by atoms with E-state index in [4.69, 9.17) is 18.9 Å². The molecule has 2 aliphatic heterocycles. The van der Waals surface area contributed by atoms with Crippen LogP contribution in [0.15, 0.2) is 42.5 Å². The molecule has 2 aromatic rings. The van der Waals surface area contributed by atoms with Crippen molar-refractivity contribution in [3.05, 3.63) is 53.6 Å². The van der Waals surface area contributed by atoms with Crippen LogP contribution in [0.4, 0.5) is 0 Å². The molecular formula is C25H32N2O5. The molecule has 2 aromatic carbocycles. The van der Waals surface area contributed by atoms with Gasteiger partial charge in [0.2, 0.25) is 5.75 Å². The maximum Gasteiger partial charge on any atom is 0.253 e. The molecule has 1 amide bonds. The monoisotopic (exact) mass is 440 g/mol. The van der Waals surface area contributed by atoms with Crippen molar-refractivity contribution in [2.75, 3.05) is 34.5 Å². The first kappa shape index (κ1) is 22.4. The first-order chi connectivity index (χ1) is 15.6. The Hall–Kier alpha value is -2.77. The van der Waals surface area contributed by atoms with Crippen LogP contribution in [0, 0.1) is 0 Å². The first-order valence-electron chi connectivity index (χ1n) is 11.2. The minimum absolute atomic E-state index is 0.164. The largest absolute Gasteiger partial charge is 0.493 e. The standard InChI is InChI=1S/C25H32N2O5/c1-29-21-14-18(15-22(30-2)23(21)31-3)24(28)26-25-20-11-7-8-12-27(20)19(16-32-25)13-17-9-5-4-6-10-17/h4-6,9-10,14-15,19-20,25H,7-8,11-13,16H2,1-3H3,(H,26,28). The summed E-state index contributed by atoms with van der Waals surface area (Å²) in [6, 6.07) is 14.3. The van der Waals surface area contributed by atoms with Crippen LogP contribution < -0.4 is 19.5 Å². The van der Waals surface area contributed by atoms with E-state index in [-0.39, 0.29) is 18.2 Å². The van der Waals surface area contributed by atoms with Gasteiger partial charge in [-0.2, -0.15) is 0 Å². The number of ether oxygens (including phenoxy) is 4. The molecule has 3 unspecified atom stereocenters. The van der Waals surface area contributed by atoms with Crippen LogP contribution >= 0.6 is 0 Å². The fourth-order valence-electron chi connectivity index (χ4n) is 4.80. The molecule has 1 N–H and O–H groups in total. The third kappa shape index (κ3) is 4.69. The Morgan fingerprint density at radius 1 is 1.06 bits per heavy atom. The number of hydrogen-bond acceptors (Lipinski definition) is 6. The van der Waals surface area contributed by atoms with E-state index in [0.29, 0.717) is 35.5 Å². The number of morpholine rings is 1.